The van der Waals surface area contributed by atoms with Crippen LogP contribution in [0.3, 0.4) is 0 Å². The first-order valence-corrected chi connectivity index (χ1v) is 10.5. The van der Waals surface area contributed by atoms with E-state index in [9.17, 15) is 30.3 Å². The molecule has 0 saturated heterocycles. The fraction of sp³-hybridized carbons (Fsp3) is 0.192. The normalized spacial score (nSPS) is 11.4. The molecule has 0 radical (unpaired) electrons. The second kappa shape index (κ2) is 8.43. The van der Waals surface area contributed by atoms with Gasteiger partial charge in [-0.1, -0.05) is 26.0 Å². The van der Waals surface area contributed by atoms with Crippen molar-refractivity contribution in [3.8, 4) is 40.1 Å². The summed E-state index contributed by atoms with van der Waals surface area (Å²) >= 11 is 0. The van der Waals surface area contributed by atoms with Crippen LogP contribution in [0.15, 0.2) is 57.7 Å². The van der Waals surface area contributed by atoms with E-state index in [1.54, 1.807) is 30.3 Å². The topological polar surface area (TPSA) is 131 Å². The summed E-state index contributed by atoms with van der Waals surface area (Å²) in [6.07, 6.45) is 0.826. The molecule has 7 heteroatoms. The smallest absolute Gasteiger partial charge is 0.238 e. The van der Waals surface area contributed by atoms with Crippen molar-refractivity contribution < 1.29 is 29.9 Å². The molecule has 7 nitrogen and oxygen atoms in total. The van der Waals surface area contributed by atoms with Gasteiger partial charge >= 0.3 is 0 Å². The van der Waals surface area contributed by atoms with Gasteiger partial charge in [0.15, 0.2) is 5.76 Å². The van der Waals surface area contributed by atoms with E-state index in [-0.39, 0.29) is 39.9 Å². The molecule has 4 aromatic rings. The monoisotopic (exact) mass is 448 g/mol. The third kappa shape index (κ3) is 4.30. The van der Waals surface area contributed by atoms with Gasteiger partial charge in [-0.3, -0.25) is 4.79 Å². The Labute approximate surface area is 189 Å². The van der Waals surface area contributed by atoms with Crippen molar-refractivity contribution in [2.45, 2.75) is 26.7 Å². The standard InChI is InChI=1S/C26H24O7/c1-13(2)6-15-9-17(10-16(23(15)30)7-14-4-3-5-18(27)8-14)26-25(32)24(31)22-20(29)11-19(28)12-21(22)33-26/h3-5,8-13,27-30,32H,6-7H2,1-2H3. The van der Waals surface area contributed by atoms with Gasteiger partial charge in [0.25, 0.3) is 0 Å². The summed E-state index contributed by atoms with van der Waals surface area (Å²) in [6, 6.07) is 12.1. The minimum Gasteiger partial charge on any atom is -0.508 e. The highest BCUT2D eigenvalue weighted by atomic mass is 16.4. The second-order valence-corrected chi connectivity index (χ2v) is 8.53. The van der Waals surface area contributed by atoms with Crippen LogP contribution in [0.2, 0.25) is 0 Å². The van der Waals surface area contributed by atoms with Gasteiger partial charge in [0, 0.05) is 24.1 Å². The molecule has 0 amide bonds. The summed E-state index contributed by atoms with van der Waals surface area (Å²) in [5.41, 5.74) is 1.33. The van der Waals surface area contributed by atoms with E-state index in [0.717, 1.165) is 11.6 Å². The molecule has 0 aliphatic heterocycles. The van der Waals surface area contributed by atoms with Crippen LogP contribution in [0.5, 0.6) is 28.7 Å². The minimum atomic E-state index is -0.836. The lowest BCUT2D eigenvalue weighted by atomic mass is 9.93. The maximum atomic E-state index is 12.8. The molecule has 0 aliphatic carbocycles. The minimum absolute atomic E-state index is 0.0849. The fourth-order valence-electron chi connectivity index (χ4n) is 3.98. The molecular weight excluding hydrogens is 424 g/mol. The molecule has 0 fully saturated rings. The number of phenols is 4. The van der Waals surface area contributed by atoms with Crippen LogP contribution in [0.1, 0.15) is 30.5 Å². The summed E-state index contributed by atoms with van der Waals surface area (Å²) < 4.78 is 5.75. The zero-order valence-corrected chi connectivity index (χ0v) is 18.2. The maximum absolute atomic E-state index is 12.8. The average Bonchev–Trinajstić information content (AvgIpc) is 2.72. The van der Waals surface area contributed by atoms with Crippen molar-refractivity contribution in [2.24, 2.45) is 5.92 Å². The number of fused-ring (bicyclic) bond motifs is 1. The van der Waals surface area contributed by atoms with Gasteiger partial charge in [0.2, 0.25) is 11.2 Å². The molecule has 1 heterocycles. The molecule has 170 valence electrons. The SMILES string of the molecule is CC(C)Cc1cc(-c2oc3cc(O)cc(O)c3c(=O)c2O)cc(Cc2cccc(O)c2)c1O. The Kier molecular flexibility index (Phi) is 5.64. The molecule has 3 aromatic carbocycles. The van der Waals surface area contributed by atoms with E-state index in [1.165, 1.54) is 6.07 Å². The number of aromatic hydroxyl groups is 5. The van der Waals surface area contributed by atoms with Gasteiger partial charge in [0.1, 0.15) is 34.0 Å². The molecule has 1 aromatic heterocycles. The Morgan fingerprint density at radius 1 is 0.848 bits per heavy atom. The molecule has 0 bridgehead atoms. The van der Waals surface area contributed by atoms with Crippen molar-refractivity contribution in [1.82, 2.24) is 0 Å². The van der Waals surface area contributed by atoms with Gasteiger partial charge < -0.3 is 29.9 Å². The van der Waals surface area contributed by atoms with Crippen LogP contribution < -0.4 is 5.43 Å². The Morgan fingerprint density at radius 3 is 2.27 bits per heavy atom. The van der Waals surface area contributed by atoms with Crippen molar-refractivity contribution in [2.75, 3.05) is 0 Å². The van der Waals surface area contributed by atoms with E-state index >= 15 is 0 Å². The largest absolute Gasteiger partial charge is 0.508 e. The van der Waals surface area contributed by atoms with Crippen molar-refractivity contribution in [1.29, 1.82) is 0 Å². The van der Waals surface area contributed by atoms with Gasteiger partial charge in [0.05, 0.1) is 0 Å². The van der Waals surface area contributed by atoms with Gasteiger partial charge in [-0.2, -0.15) is 0 Å². The number of rotatable bonds is 5. The van der Waals surface area contributed by atoms with Crippen LogP contribution in [0.4, 0.5) is 0 Å². The van der Waals surface area contributed by atoms with Crippen molar-refractivity contribution in [3.05, 3.63) is 75.4 Å². The van der Waals surface area contributed by atoms with E-state index in [1.807, 2.05) is 19.9 Å². The summed E-state index contributed by atoms with van der Waals surface area (Å²) in [7, 11) is 0. The second-order valence-electron chi connectivity index (χ2n) is 8.53. The number of hydrogen-bond donors (Lipinski definition) is 5. The molecule has 0 aliphatic rings. The number of phenolic OH excluding ortho intramolecular Hbond substituents is 4. The maximum Gasteiger partial charge on any atom is 0.238 e. The molecule has 0 spiro atoms. The Hall–Kier alpha value is -4.13. The van der Waals surface area contributed by atoms with Crippen LogP contribution in [-0.4, -0.2) is 25.5 Å². The Bertz CT molecular complexity index is 1420. The molecular formula is C26H24O7. The van der Waals surface area contributed by atoms with E-state index in [0.29, 0.717) is 29.5 Å². The summed E-state index contributed by atoms with van der Waals surface area (Å²) in [6.45, 7) is 4.00. The summed E-state index contributed by atoms with van der Waals surface area (Å²) in [5.74, 6) is -1.22. The third-order valence-electron chi connectivity index (χ3n) is 5.40. The lowest BCUT2D eigenvalue weighted by Gasteiger charge is -2.15. The van der Waals surface area contributed by atoms with Gasteiger partial charge in [-0.15, -0.1) is 0 Å². The highest BCUT2D eigenvalue weighted by Crippen LogP contribution is 2.38. The third-order valence-corrected chi connectivity index (χ3v) is 5.40. The van der Waals surface area contributed by atoms with E-state index < -0.39 is 16.9 Å². The van der Waals surface area contributed by atoms with Crippen LogP contribution in [-0.2, 0) is 12.8 Å². The Balaban J connectivity index is 1.94. The predicted molar refractivity (Wildman–Crippen MR) is 124 cm³/mol. The highest BCUT2D eigenvalue weighted by Gasteiger charge is 2.21. The lowest BCUT2D eigenvalue weighted by molar-refractivity contribution is 0.438. The summed E-state index contributed by atoms with van der Waals surface area (Å²) in [4.78, 5) is 12.8. The van der Waals surface area contributed by atoms with Gasteiger partial charge in [-0.05, 0) is 53.3 Å². The quantitative estimate of drug-likeness (QED) is 0.297. The fourth-order valence-corrected chi connectivity index (χ4v) is 3.98. The molecule has 0 atom stereocenters. The molecule has 5 N–H and O–H groups in total. The first kappa shape index (κ1) is 22.1. The van der Waals surface area contributed by atoms with Crippen LogP contribution >= 0.6 is 0 Å². The Morgan fingerprint density at radius 2 is 1.58 bits per heavy atom. The summed E-state index contributed by atoms with van der Waals surface area (Å²) in [5, 5.41) is 51.0. The first-order valence-electron chi connectivity index (χ1n) is 10.5. The van der Waals surface area contributed by atoms with Gasteiger partial charge in [-0.25, -0.2) is 0 Å². The molecule has 0 saturated carbocycles. The van der Waals surface area contributed by atoms with Crippen molar-refractivity contribution in [3.63, 3.8) is 0 Å². The molecule has 4 rings (SSSR count). The molecule has 0 unspecified atom stereocenters. The van der Waals surface area contributed by atoms with Crippen molar-refractivity contribution >= 4 is 11.0 Å². The highest BCUT2D eigenvalue weighted by molar-refractivity contribution is 5.88. The first-order chi connectivity index (χ1) is 15.6. The van der Waals surface area contributed by atoms with Crippen LogP contribution in [0.25, 0.3) is 22.3 Å². The number of hydrogen-bond acceptors (Lipinski definition) is 7. The zero-order chi connectivity index (χ0) is 23.9. The number of benzene rings is 3. The predicted octanol–water partition coefficient (Wildman–Crippen LogP) is 4.78. The molecule has 33 heavy (non-hydrogen) atoms. The average molecular weight is 448 g/mol. The zero-order valence-electron chi connectivity index (χ0n) is 18.2. The van der Waals surface area contributed by atoms with E-state index in [2.05, 4.69) is 0 Å². The lowest BCUT2D eigenvalue weighted by Crippen LogP contribution is -2.04. The van der Waals surface area contributed by atoms with E-state index in [4.69, 9.17) is 4.42 Å². The van der Waals surface area contributed by atoms with Crippen LogP contribution in [0, 0.1) is 5.92 Å².